The van der Waals surface area contributed by atoms with Crippen molar-refractivity contribution in [2.24, 2.45) is 0 Å². The van der Waals surface area contributed by atoms with Gasteiger partial charge in [-0.25, -0.2) is 0 Å². The van der Waals surface area contributed by atoms with E-state index in [1.165, 1.54) is 0 Å². The van der Waals surface area contributed by atoms with Crippen LogP contribution in [0.2, 0.25) is 5.02 Å². The predicted octanol–water partition coefficient (Wildman–Crippen LogP) is 3.79. The normalized spacial score (nSPS) is 22.1. The molecule has 0 bridgehead atoms. The quantitative estimate of drug-likeness (QED) is 0.777. The largest absolute Gasteiger partial charge is 0.491 e. The van der Waals surface area contributed by atoms with Gasteiger partial charge in [-0.3, -0.25) is 0 Å². The van der Waals surface area contributed by atoms with E-state index in [1.54, 1.807) is 0 Å². The lowest BCUT2D eigenvalue weighted by Gasteiger charge is -2.16. The lowest BCUT2D eigenvalue weighted by Crippen LogP contribution is -2.19. The van der Waals surface area contributed by atoms with E-state index in [0.717, 1.165) is 48.7 Å². The van der Waals surface area contributed by atoms with E-state index in [9.17, 15) is 0 Å². The Bertz CT molecular complexity index is 425. The van der Waals surface area contributed by atoms with Crippen molar-refractivity contribution in [1.29, 1.82) is 0 Å². The average Bonchev–Trinajstić information content (AvgIpc) is 2.84. The lowest BCUT2D eigenvalue weighted by molar-refractivity contribution is 0.0262. The summed E-state index contributed by atoms with van der Waals surface area (Å²) in [6.45, 7) is 6.66. The van der Waals surface area contributed by atoms with Crippen LogP contribution < -0.4 is 10.1 Å². The topological polar surface area (TPSA) is 30.5 Å². The molecule has 2 rings (SSSR count). The minimum absolute atomic E-state index is 0.220. The van der Waals surface area contributed by atoms with E-state index in [1.807, 2.05) is 18.2 Å². The van der Waals surface area contributed by atoms with Crippen molar-refractivity contribution < 1.29 is 9.47 Å². The second kappa shape index (κ2) is 7.87. The molecule has 0 spiro atoms. The molecule has 1 aromatic carbocycles. The van der Waals surface area contributed by atoms with Gasteiger partial charge in [0.2, 0.25) is 0 Å². The molecule has 0 aliphatic carbocycles. The monoisotopic (exact) mass is 297 g/mol. The fraction of sp³-hybridized carbons (Fsp3) is 0.625. The van der Waals surface area contributed by atoms with E-state index in [0.29, 0.717) is 12.7 Å². The SMILES string of the molecule is CCCNCc1cc(Cl)ccc1OCC1CCC(C)O1. The summed E-state index contributed by atoms with van der Waals surface area (Å²) in [6, 6.07) is 5.79. The molecule has 1 fully saturated rings. The van der Waals surface area contributed by atoms with Gasteiger partial charge in [-0.05, 0) is 50.9 Å². The smallest absolute Gasteiger partial charge is 0.124 e. The van der Waals surface area contributed by atoms with Crippen LogP contribution in [0, 0.1) is 0 Å². The first kappa shape index (κ1) is 15.6. The van der Waals surface area contributed by atoms with E-state index in [2.05, 4.69) is 19.2 Å². The van der Waals surface area contributed by atoms with Gasteiger partial charge in [0, 0.05) is 17.1 Å². The predicted molar refractivity (Wildman–Crippen MR) is 82.5 cm³/mol. The number of benzene rings is 1. The zero-order valence-electron chi connectivity index (χ0n) is 12.3. The molecule has 1 heterocycles. The Kier molecular flexibility index (Phi) is 6.14. The molecule has 2 unspecified atom stereocenters. The first-order chi connectivity index (χ1) is 9.69. The molecule has 0 amide bonds. The number of nitrogens with one attached hydrogen (secondary N) is 1. The van der Waals surface area contributed by atoms with Crippen LogP contribution in [-0.2, 0) is 11.3 Å². The summed E-state index contributed by atoms with van der Waals surface area (Å²) in [6.07, 6.45) is 3.90. The lowest BCUT2D eigenvalue weighted by atomic mass is 10.2. The first-order valence-corrected chi connectivity index (χ1v) is 7.84. The van der Waals surface area contributed by atoms with Crippen LogP contribution in [-0.4, -0.2) is 25.4 Å². The van der Waals surface area contributed by atoms with Crippen molar-refractivity contribution in [3.05, 3.63) is 28.8 Å². The third-order valence-corrected chi connectivity index (χ3v) is 3.74. The Hall–Kier alpha value is -0.770. The van der Waals surface area contributed by atoms with Gasteiger partial charge in [0.05, 0.1) is 12.2 Å². The van der Waals surface area contributed by atoms with Crippen molar-refractivity contribution in [3.63, 3.8) is 0 Å². The molecule has 4 heteroatoms. The minimum Gasteiger partial charge on any atom is -0.491 e. The van der Waals surface area contributed by atoms with Gasteiger partial charge in [0.1, 0.15) is 12.4 Å². The maximum Gasteiger partial charge on any atom is 0.124 e. The number of hydrogen-bond acceptors (Lipinski definition) is 3. The zero-order valence-corrected chi connectivity index (χ0v) is 13.1. The summed E-state index contributed by atoms with van der Waals surface area (Å²) >= 11 is 6.07. The molecule has 1 aliphatic rings. The number of hydrogen-bond donors (Lipinski definition) is 1. The highest BCUT2D eigenvalue weighted by Crippen LogP contribution is 2.25. The molecule has 0 aromatic heterocycles. The van der Waals surface area contributed by atoms with Crippen LogP contribution in [0.1, 0.15) is 38.7 Å². The van der Waals surface area contributed by atoms with Crippen molar-refractivity contribution in [2.45, 2.75) is 51.9 Å². The zero-order chi connectivity index (χ0) is 14.4. The molecule has 1 aromatic rings. The van der Waals surface area contributed by atoms with Crippen LogP contribution in [0.25, 0.3) is 0 Å². The van der Waals surface area contributed by atoms with E-state index < -0.39 is 0 Å². The first-order valence-electron chi connectivity index (χ1n) is 7.46. The number of rotatable bonds is 7. The van der Waals surface area contributed by atoms with Crippen LogP contribution in [0.4, 0.5) is 0 Å². The van der Waals surface area contributed by atoms with Crippen LogP contribution in [0.15, 0.2) is 18.2 Å². The molecule has 2 atom stereocenters. The Balaban J connectivity index is 1.91. The van der Waals surface area contributed by atoms with Gasteiger partial charge in [-0.2, -0.15) is 0 Å². The second-order valence-electron chi connectivity index (χ2n) is 5.39. The fourth-order valence-electron chi connectivity index (χ4n) is 2.42. The molecule has 1 saturated heterocycles. The van der Waals surface area contributed by atoms with Crippen molar-refractivity contribution >= 4 is 11.6 Å². The third kappa shape index (κ3) is 4.65. The Labute approximate surface area is 126 Å². The Morgan fingerprint density at radius 3 is 2.95 bits per heavy atom. The van der Waals surface area contributed by atoms with Gasteiger partial charge in [0.25, 0.3) is 0 Å². The van der Waals surface area contributed by atoms with Crippen molar-refractivity contribution in [1.82, 2.24) is 5.32 Å². The summed E-state index contributed by atoms with van der Waals surface area (Å²) in [5, 5.41) is 4.13. The van der Waals surface area contributed by atoms with Gasteiger partial charge < -0.3 is 14.8 Å². The second-order valence-corrected chi connectivity index (χ2v) is 5.82. The molecule has 1 N–H and O–H groups in total. The number of halogens is 1. The minimum atomic E-state index is 0.220. The molecule has 1 aliphatic heterocycles. The molecular weight excluding hydrogens is 274 g/mol. The van der Waals surface area contributed by atoms with Crippen LogP contribution in [0.3, 0.4) is 0 Å². The van der Waals surface area contributed by atoms with Gasteiger partial charge in [-0.1, -0.05) is 18.5 Å². The Morgan fingerprint density at radius 1 is 1.40 bits per heavy atom. The van der Waals surface area contributed by atoms with Crippen LogP contribution >= 0.6 is 11.6 Å². The van der Waals surface area contributed by atoms with Crippen molar-refractivity contribution in [3.8, 4) is 5.75 Å². The maximum atomic E-state index is 6.07. The number of ether oxygens (including phenoxy) is 2. The van der Waals surface area contributed by atoms with Gasteiger partial charge in [-0.15, -0.1) is 0 Å². The van der Waals surface area contributed by atoms with Gasteiger partial charge in [0.15, 0.2) is 0 Å². The summed E-state index contributed by atoms with van der Waals surface area (Å²) in [5.74, 6) is 0.904. The molecule has 20 heavy (non-hydrogen) atoms. The molecular formula is C16H24ClNO2. The molecule has 0 saturated carbocycles. The highest BCUT2D eigenvalue weighted by atomic mass is 35.5. The van der Waals surface area contributed by atoms with E-state index in [4.69, 9.17) is 21.1 Å². The third-order valence-electron chi connectivity index (χ3n) is 3.51. The molecule has 3 nitrogen and oxygen atoms in total. The summed E-state index contributed by atoms with van der Waals surface area (Å²) in [7, 11) is 0. The molecule has 112 valence electrons. The average molecular weight is 298 g/mol. The van der Waals surface area contributed by atoms with Crippen LogP contribution in [0.5, 0.6) is 5.75 Å². The maximum absolute atomic E-state index is 6.07. The van der Waals surface area contributed by atoms with Gasteiger partial charge >= 0.3 is 0 Å². The highest BCUT2D eigenvalue weighted by Gasteiger charge is 2.22. The fourth-order valence-corrected chi connectivity index (χ4v) is 2.61. The summed E-state index contributed by atoms with van der Waals surface area (Å²) in [4.78, 5) is 0. The summed E-state index contributed by atoms with van der Waals surface area (Å²) in [5.41, 5.74) is 1.11. The van der Waals surface area contributed by atoms with Crippen molar-refractivity contribution in [2.75, 3.05) is 13.2 Å². The summed E-state index contributed by atoms with van der Waals surface area (Å²) < 4.78 is 11.7. The molecule has 0 radical (unpaired) electrons. The Morgan fingerprint density at radius 2 is 2.25 bits per heavy atom. The van der Waals surface area contributed by atoms with E-state index in [-0.39, 0.29) is 6.10 Å². The standard InChI is InChI=1S/C16H24ClNO2/c1-3-8-18-10-13-9-14(17)5-7-16(13)19-11-15-6-4-12(2)20-15/h5,7,9,12,15,18H,3-4,6,8,10-11H2,1-2H3. The van der Waals surface area contributed by atoms with E-state index >= 15 is 0 Å². The highest BCUT2D eigenvalue weighted by molar-refractivity contribution is 6.30.